The second-order valence-electron chi connectivity index (χ2n) is 8.35. The summed E-state index contributed by atoms with van der Waals surface area (Å²) in [5.74, 6) is -0.266. The average molecular weight is 564 g/mol. The number of morpholine rings is 1. The van der Waals surface area contributed by atoms with Gasteiger partial charge >= 0.3 is 12.4 Å². The number of alkyl halides is 6. The molecule has 0 bridgehead atoms. The van der Waals surface area contributed by atoms with Gasteiger partial charge in [-0.1, -0.05) is 11.3 Å². The van der Waals surface area contributed by atoms with Crippen molar-refractivity contribution in [2.75, 3.05) is 58.5 Å². The van der Waals surface area contributed by atoms with Crippen LogP contribution in [0.25, 0.3) is 10.2 Å². The first-order valence-electron chi connectivity index (χ1n) is 11.4. The Hall–Kier alpha value is -3.10. The molecule has 0 aliphatic carbocycles. The number of carbonyl (C=O) groups is 1. The second kappa shape index (κ2) is 10.9. The Kier molecular flexibility index (Phi) is 8.04. The van der Waals surface area contributed by atoms with Crippen molar-refractivity contribution in [1.82, 2.24) is 9.88 Å². The van der Waals surface area contributed by atoms with E-state index in [4.69, 9.17) is 14.2 Å². The lowest BCUT2D eigenvalue weighted by atomic mass is 10.0. The number of thiazole rings is 1. The largest absolute Gasteiger partial charge is 0.495 e. The van der Waals surface area contributed by atoms with Crippen LogP contribution < -0.4 is 14.4 Å². The number of benzene rings is 2. The van der Waals surface area contributed by atoms with Crippen LogP contribution in [0, 0.1) is 0 Å². The molecule has 1 aromatic heterocycles. The molecule has 1 fully saturated rings. The molecular weight excluding hydrogens is 540 g/mol. The molecular formula is C24H23F6N3O4S. The van der Waals surface area contributed by atoms with Gasteiger partial charge in [0.15, 0.2) is 5.13 Å². The van der Waals surface area contributed by atoms with Gasteiger partial charge in [-0.25, -0.2) is 4.98 Å². The molecule has 1 amide bonds. The number of aromatic nitrogens is 1. The molecule has 14 heteroatoms. The van der Waals surface area contributed by atoms with E-state index < -0.39 is 35.0 Å². The van der Waals surface area contributed by atoms with Crippen molar-refractivity contribution in [2.45, 2.75) is 12.4 Å². The van der Waals surface area contributed by atoms with Crippen LogP contribution in [0.15, 0.2) is 30.3 Å². The molecule has 7 nitrogen and oxygen atoms in total. The SMILES string of the molecule is COc1ccc(OC)c2sc(N(CCN3CCOCC3)C(=O)c3cc(C(F)(F)F)cc(C(F)(F)F)c3)nc12. The van der Waals surface area contributed by atoms with E-state index in [1.54, 1.807) is 12.1 Å². The van der Waals surface area contributed by atoms with Gasteiger partial charge in [0.05, 0.1) is 38.6 Å². The molecule has 0 unspecified atom stereocenters. The molecule has 38 heavy (non-hydrogen) atoms. The molecule has 1 saturated heterocycles. The predicted molar refractivity (Wildman–Crippen MR) is 128 cm³/mol. The molecule has 2 heterocycles. The molecule has 0 spiro atoms. The normalized spacial score (nSPS) is 15.1. The van der Waals surface area contributed by atoms with Crippen molar-refractivity contribution in [3.05, 3.63) is 47.0 Å². The number of halogens is 6. The first-order valence-corrected chi connectivity index (χ1v) is 12.2. The standard InChI is InChI=1S/C24H23F6N3O4S/c1-35-17-3-4-18(36-2)20-19(17)31-22(38-20)33(6-5-32-7-9-37-10-8-32)21(34)14-11-15(23(25,26)27)13-16(12-14)24(28,29)30/h3-4,11-13H,5-10H2,1-2H3. The van der Waals surface area contributed by atoms with E-state index in [0.29, 0.717) is 66.7 Å². The Balaban J connectivity index is 1.81. The van der Waals surface area contributed by atoms with Crippen LogP contribution in [-0.4, -0.2) is 69.4 Å². The Morgan fingerprint density at radius 3 is 2.13 bits per heavy atom. The third kappa shape index (κ3) is 5.97. The highest BCUT2D eigenvalue weighted by Gasteiger charge is 2.38. The third-order valence-electron chi connectivity index (χ3n) is 5.95. The molecule has 3 aromatic rings. The van der Waals surface area contributed by atoms with Crippen molar-refractivity contribution in [2.24, 2.45) is 0 Å². The minimum atomic E-state index is -5.09. The van der Waals surface area contributed by atoms with Gasteiger partial charge in [0.25, 0.3) is 5.91 Å². The number of fused-ring (bicyclic) bond motifs is 1. The number of amides is 1. The minimum Gasteiger partial charge on any atom is -0.495 e. The van der Waals surface area contributed by atoms with Gasteiger partial charge in [-0.3, -0.25) is 14.6 Å². The Morgan fingerprint density at radius 1 is 1.00 bits per heavy atom. The van der Waals surface area contributed by atoms with Gasteiger partial charge in [-0.05, 0) is 30.3 Å². The second-order valence-corrected chi connectivity index (χ2v) is 9.33. The summed E-state index contributed by atoms with van der Waals surface area (Å²) in [7, 11) is 2.85. The molecule has 1 aliphatic heterocycles. The van der Waals surface area contributed by atoms with Crippen molar-refractivity contribution in [1.29, 1.82) is 0 Å². The lowest BCUT2D eigenvalue weighted by molar-refractivity contribution is -0.143. The molecule has 0 atom stereocenters. The number of methoxy groups -OCH3 is 2. The highest BCUT2D eigenvalue weighted by molar-refractivity contribution is 7.22. The third-order valence-corrected chi connectivity index (χ3v) is 7.05. The van der Waals surface area contributed by atoms with Gasteiger partial charge in [-0.15, -0.1) is 0 Å². The summed E-state index contributed by atoms with van der Waals surface area (Å²) in [5.41, 5.74) is -3.56. The van der Waals surface area contributed by atoms with Crippen molar-refractivity contribution in [3.63, 3.8) is 0 Å². The van der Waals surface area contributed by atoms with E-state index in [-0.39, 0.29) is 17.7 Å². The minimum absolute atomic E-state index is 0.0116. The van der Waals surface area contributed by atoms with Crippen LogP contribution in [-0.2, 0) is 17.1 Å². The van der Waals surface area contributed by atoms with Crippen LogP contribution in [0.2, 0.25) is 0 Å². The summed E-state index contributed by atoms with van der Waals surface area (Å²) < 4.78 is 97.4. The van der Waals surface area contributed by atoms with Gasteiger partial charge in [0, 0.05) is 31.7 Å². The number of nitrogens with zero attached hydrogens (tertiary/aromatic N) is 3. The Labute approximate surface area is 217 Å². The molecule has 4 rings (SSSR count). The predicted octanol–water partition coefficient (Wildman–Crippen LogP) is 5.33. The van der Waals surface area contributed by atoms with Crippen LogP contribution in [0.3, 0.4) is 0 Å². The first kappa shape index (κ1) is 27.9. The summed E-state index contributed by atoms with van der Waals surface area (Å²) in [5, 5.41) is 0.0760. The van der Waals surface area contributed by atoms with Gasteiger partial charge in [0.2, 0.25) is 0 Å². The van der Waals surface area contributed by atoms with E-state index in [1.807, 2.05) is 4.90 Å². The van der Waals surface area contributed by atoms with Crippen LogP contribution in [0.4, 0.5) is 31.5 Å². The summed E-state index contributed by atoms with van der Waals surface area (Å²) in [4.78, 5) is 21.2. The van der Waals surface area contributed by atoms with Crippen LogP contribution in [0.1, 0.15) is 21.5 Å². The first-order chi connectivity index (χ1) is 17.9. The molecule has 0 radical (unpaired) electrons. The number of anilines is 1. The maximum absolute atomic E-state index is 13.6. The fraction of sp³-hybridized carbons (Fsp3) is 0.417. The maximum atomic E-state index is 13.6. The fourth-order valence-electron chi connectivity index (χ4n) is 3.97. The lowest BCUT2D eigenvalue weighted by Crippen LogP contribution is -2.43. The van der Waals surface area contributed by atoms with Crippen molar-refractivity contribution < 1.29 is 45.3 Å². The fourth-order valence-corrected chi connectivity index (χ4v) is 5.07. The highest BCUT2D eigenvalue weighted by Crippen LogP contribution is 2.41. The number of rotatable bonds is 7. The van der Waals surface area contributed by atoms with E-state index in [0.717, 1.165) is 16.2 Å². The average Bonchev–Trinajstić information content (AvgIpc) is 3.32. The summed E-state index contributed by atoms with van der Waals surface area (Å²) in [6.07, 6.45) is -10.2. The summed E-state index contributed by atoms with van der Waals surface area (Å²) >= 11 is 1.02. The molecule has 0 N–H and O–H groups in total. The topological polar surface area (TPSA) is 64.1 Å². The number of carbonyl (C=O) groups excluding carboxylic acids is 1. The van der Waals surface area contributed by atoms with E-state index in [2.05, 4.69) is 4.98 Å². The summed E-state index contributed by atoms with van der Waals surface area (Å²) in [6.45, 7) is 2.31. The van der Waals surface area contributed by atoms with Gasteiger partial charge in [-0.2, -0.15) is 26.3 Å². The lowest BCUT2D eigenvalue weighted by Gasteiger charge is -2.29. The zero-order valence-electron chi connectivity index (χ0n) is 20.3. The molecule has 206 valence electrons. The molecule has 2 aromatic carbocycles. The highest BCUT2D eigenvalue weighted by atomic mass is 32.1. The smallest absolute Gasteiger partial charge is 0.416 e. The van der Waals surface area contributed by atoms with E-state index in [9.17, 15) is 31.1 Å². The Bertz CT molecular complexity index is 1230. The van der Waals surface area contributed by atoms with Crippen LogP contribution >= 0.6 is 11.3 Å². The van der Waals surface area contributed by atoms with E-state index in [1.165, 1.54) is 14.2 Å². The zero-order chi connectivity index (χ0) is 27.7. The van der Waals surface area contributed by atoms with E-state index >= 15 is 0 Å². The Morgan fingerprint density at radius 2 is 1.58 bits per heavy atom. The monoisotopic (exact) mass is 563 g/mol. The maximum Gasteiger partial charge on any atom is 0.416 e. The zero-order valence-corrected chi connectivity index (χ0v) is 21.1. The van der Waals surface area contributed by atoms with Crippen molar-refractivity contribution in [3.8, 4) is 11.5 Å². The number of hydrogen-bond acceptors (Lipinski definition) is 7. The van der Waals surface area contributed by atoms with Crippen LogP contribution in [0.5, 0.6) is 11.5 Å². The number of hydrogen-bond donors (Lipinski definition) is 0. The van der Waals surface area contributed by atoms with Gasteiger partial charge < -0.3 is 14.2 Å². The quantitative estimate of drug-likeness (QED) is 0.362. The molecule has 0 saturated carbocycles. The van der Waals surface area contributed by atoms with Crippen molar-refractivity contribution >= 4 is 32.6 Å². The van der Waals surface area contributed by atoms with Gasteiger partial charge in [0.1, 0.15) is 21.7 Å². The summed E-state index contributed by atoms with van der Waals surface area (Å²) in [6, 6.07) is 4.07. The molecule has 1 aliphatic rings. The number of ether oxygens (including phenoxy) is 3.